The van der Waals surface area contributed by atoms with Crippen molar-refractivity contribution in [1.82, 2.24) is 14.9 Å². The van der Waals surface area contributed by atoms with Gasteiger partial charge < -0.3 is 10.2 Å². The number of hydrogen-bond donors (Lipinski definition) is 2. The van der Waals surface area contributed by atoms with Gasteiger partial charge in [-0.1, -0.05) is 24.3 Å². The standard InChI is InChI=1S/C20H25F3N4O2S.HI/c1-4-25-19(26-13-15-7-11-18(12-8-15)30(28,29)24-2)27(3)14-16-5-9-17(10-6-16)20(21,22)23;/h5-12,24H,4,13-14H2,1-3H3,(H,25,26);1H. The Morgan fingerprint density at radius 2 is 1.58 bits per heavy atom. The topological polar surface area (TPSA) is 73.8 Å². The van der Waals surface area contributed by atoms with Crippen LogP contribution < -0.4 is 10.0 Å². The average Bonchev–Trinajstić information content (AvgIpc) is 2.71. The van der Waals surface area contributed by atoms with Gasteiger partial charge in [-0.3, -0.25) is 0 Å². The first-order valence-electron chi connectivity index (χ1n) is 9.25. The Kier molecular flexibility index (Phi) is 10.2. The van der Waals surface area contributed by atoms with E-state index in [0.29, 0.717) is 25.6 Å². The summed E-state index contributed by atoms with van der Waals surface area (Å²) in [5.41, 5.74) is 0.860. The Hall–Kier alpha value is -1.86. The summed E-state index contributed by atoms with van der Waals surface area (Å²) in [4.78, 5) is 6.52. The third-order valence-corrected chi connectivity index (χ3v) is 5.74. The maximum atomic E-state index is 12.7. The normalized spacial score (nSPS) is 12.3. The van der Waals surface area contributed by atoms with Crippen molar-refractivity contribution < 1.29 is 21.6 Å². The molecule has 0 aliphatic heterocycles. The SMILES string of the molecule is CCNC(=NCc1ccc(S(=O)(=O)NC)cc1)N(C)Cc1ccc(C(F)(F)F)cc1.I. The minimum atomic E-state index is -4.36. The highest BCUT2D eigenvalue weighted by atomic mass is 127. The minimum Gasteiger partial charge on any atom is -0.357 e. The molecule has 0 heterocycles. The molecule has 172 valence electrons. The lowest BCUT2D eigenvalue weighted by molar-refractivity contribution is -0.137. The van der Waals surface area contributed by atoms with Crippen LogP contribution in [0.25, 0.3) is 0 Å². The first-order chi connectivity index (χ1) is 14.1. The highest BCUT2D eigenvalue weighted by molar-refractivity contribution is 14.0. The predicted molar refractivity (Wildman–Crippen MR) is 126 cm³/mol. The third-order valence-electron chi connectivity index (χ3n) is 4.31. The van der Waals surface area contributed by atoms with Crippen LogP contribution in [0.3, 0.4) is 0 Å². The van der Waals surface area contributed by atoms with Gasteiger partial charge in [-0.15, -0.1) is 24.0 Å². The summed E-state index contributed by atoms with van der Waals surface area (Å²) >= 11 is 0. The van der Waals surface area contributed by atoms with Crippen molar-refractivity contribution in [2.45, 2.75) is 31.1 Å². The number of nitrogens with one attached hydrogen (secondary N) is 2. The van der Waals surface area contributed by atoms with Gasteiger partial charge in [-0.25, -0.2) is 18.1 Å². The molecule has 0 atom stereocenters. The molecule has 6 nitrogen and oxygen atoms in total. The fourth-order valence-corrected chi connectivity index (χ4v) is 3.41. The summed E-state index contributed by atoms with van der Waals surface area (Å²) in [6, 6.07) is 11.4. The molecule has 2 rings (SSSR count). The number of halogens is 4. The molecule has 2 aromatic carbocycles. The van der Waals surface area contributed by atoms with Gasteiger partial charge in [-0.2, -0.15) is 13.2 Å². The molecular weight excluding hydrogens is 544 g/mol. The summed E-state index contributed by atoms with van der Waals surface area (Å²) in [5, 5.41) is 3.14. The minimum absolute atomic E-state index is 0. The molecule has 0 fully saturated rings. The fourth-order valence-electron chi connectivity index (χ4n) is 2.68. The molecule has 0 radical (unpaired) electrons. The molecule has 0 aliphatic carbocycles. The van der Waals surface area contributed by atoms with Crippen LogP contribution in [0, 0.1) is 0 Å². The number of guanidine groups is 1. The van der Waals surface area contributed by atoms with E-state index >= 15 is 0 Å². The van der Waals surface area contributed by atoms with Gasteiger partial charge in [-0.05, 0) is 49.4 Å². The van der Waals surface area contributed by atoms with Crippen molar-refractivity contribution in [2.24, 2.45) is 4.99 Å². The van der Waals surface area contributed by atoms with Crippen LogP contribution in [0.2, 0.25) is 0 Å². The molecule has 0 bridgehead atoms. The number of aliphatic imine (C=N–C) groups is 1. The first-order valence-corrected chi connectivity index (χ1v) is 10.7. The van der Waals surface area contributed by atoms with E-state index in [2.05, 4.69) is 15.0 Å². The van der Waals surface area contributed by atoms with Crippen LogP contribution in [-0.2, 0) is 29.3 Å². The van der Waals surface area contributed by atoms with E-state index < -0.39 is 21.8 Å². The van der Waals surface area contributed by atoms with Crippen LogP contribution in [0.1, 0.15) is 23.6 Å². The number of nitrogens with zero attached hydrogens (tertiary/aromatic N) is 2. The highest BCUT2D eigenvalue weighted by Gasteiger charge is 2.29. The van der Waals surface area contributed by atoms with E-state index in [9.17, 15) is 21.6 Å². The molecule has 0 amide bonds. The van der Waals surface area contributed by atoms with Crippen LogP contribution >= 0.6 is 24.0 Å². The maximum absolute atomic E-state index is 12.7. The van der Waals surface area contributed by atoms with Gasteiger partial charge in [0.1, 0.15) is 0 Å². The molecule has 2 aromatic rings. The van der Waals surface area contributed by atoms with E-state index in [4.69, 9.17) is 0 Å². The predicted octanol–water partition coefficient (Wildman–Crippen LogP) is 3.83. The Bertz CT molecular complexity index is 963. The van der Waals surface area contributed by atoms with Gasteiger partial charge >= 0.3 is 6.18 Å². The monoisotopic (exact) mass is 570 g/mol. The molecule has 0 saturated carbocycles. The third kappa shape index (κ3) is 7.96. The summed E-state index contributed by atoms with van der Waals surface area (Å²) in [6.45, 7) is 3.23. The number of rotatable bonds is 7. The molecule has 2 N–H and O–H groups in total. The van der Waals surface area contributed by atoms with Crippen molar-refractivity contribution in [1.29, 1.82) is 0 Å². The second-order valence-electron chi connectivity index (χ2n) is 6.57. The number of sulfonamides is 1. The Morgan fingerprint density at radius 3 is 2.06 bits per heavy atom. The number of hydrogen-bond acceptors (Lipinski definition) is 3. The zero-order chi connectivity index (χ0) is 22.4. The summed E-state index contributed by atoms with van der Waals surface area (Å²) in [7, 11) is -0.349. The Balaban J connectivity index is 0.00000480. The van der Waals surface area contributed by atoms with Gasteiger partial charge in [0, 0.05) is 20.1 Å². The zero-order valence-electron chi connectivity index (χ0n) is 17.4. The van der Waals surface area contributed by atoms with Crippen molar-refractivity contribution in [2.75, 3.05) is 20.6 Å². The van der Waals surface area contributed by atoms with Crippen LogP contribution in [0.4, 0.5) is 13.2 Å². The number of benzene rings is 2. The van der Waals surface area contributed by atoms with E-state index in [-0.39, 0.29) is 28.9 Å². The first kappa shape index (κ1) is 27.2. The lowest BCUT2D eigenvalue weighted by Gasteiger charge is -2.22. The van der Waals surface area contributed by atoms with E-state index in [1.165, 1.54) is 31.3 Å². The lowest BCUT2D eigenvalue weighted by atomic mass is 10.1. The number of alkyl halides is 3. The average molecular weight is 570 g/mol. The van der Waals surface area contributed by atoms with Gasteiger partial charge in [0.2, 0.25) is 10.0 Å². The molecule has 0 saturated heterocycles. The zero-order valence-corrected chi connectivity index (χ0v) is 20.5. The summed E-state index contributed by atoms with van der Waals surface area (Å²) < 4.78 is 63.9. The second kappa shape index (κ2) is 11.7. The quantitative estimate of drug-likeness (QED) is 0.302. The van der Waals surface area contributed by atoms with E-state index in [1.807, 2.05) is 11.8 Å². The molecule has 0 aromatic heterocycles. The van der Waals surface area contributed by atoms with Crippen molar-refractivity contribution in [3.63, 3.8) is 0 Å². The van der Waals surface area contributed by atoms with Crippen molar-refractivity contribution >= 4 is 40.0 Å². The molecule has 0 unspecified atom stereocenters. The van der Waals surface area contributed by atoms with Crippen molar-refractivity contribution in [3.8, 4) is 0 Å². The Morgan fingerprint density at radius 1 is 1.03 bits per heavy atom. The summed E-state index contributed by atoms with van der Waals surface area (Å²) in [6.07, 6.45) is -4.36. The maximum Gasteiger partial charge on any atom is 0.416 e. The fraction of sp³-hybridized carbons (Fsp3) is 0.350. The Labute approximate surface area is 198 Å². The smallest absolute Gasteiger partial charge is 0.357 e. The molecule has 0 aliphatic rings. The van der Waals surface area contributed by atoms with Gasteiger partial charge in [0.15, 0.2) is 5.96 Å². The van der Waals surface area contributed by atoms with Crippen LogP contribution in [0.5, 0.6) is 0 Å². The molecule has 11 heteroatoms. The van der Waals surface area contributed by atoms with Gasteiger partial charge in [0.25, 0.3) is 0 Å². The second-order valence-corrected chi connectivity index (χ2v) is 8.46. The molecular formula is C20H26F3IN4O2S. The lowest BCUT2D eigenvalue weighted by Crippen LogP contribution is -2.38. The molecule has 31 heavy (non-hydrogen) atoms. The highest BCUT2D eigenvalue weighted by Crippen LogP contribution is 2.29. The summed E-state index contributed by atoms with van der Waals surface area (Å²) in [5.74, 6) is 0.587. The van der Waals surface area contributed by atoms with Crippen LogP contribution in [-0.4, -0.2) is 39.9 Å². The van der Waals surface area contributed by atoms with Gasteiger partial charge in [0.05, 0.1) is 17.0 Å². The van der Waals surface area contributed by atoms with Crippen LogP contribution in [0.15, 0.2) is 58.4 Å². The van der Waals surface area contributed by atoms with E-state index in [1.54, 1.807) is 19.2 Å². The van der Waals surface area contributed by atoms with E-state index in [0.717, 1.165) is 23.3 Å². The van der Waals surface area contributed by atoms with Crippen molar-refractivity contribution in [3.05, 3.63) is 65.2 Å². The molecule has 0 spiro atoms. The largest absolute Gasteiger partial charge is 0.416 e.